The lowest BCUT2D eigenvalue weighted by Gasteiger charge is -2.27. The first kappa shape index (κ1) is 15.2. The first-order valence-corrected chi connectivity index (χ1v) is 8.32. The number of nitrogen functional groups attached to an aromatic ring is 1. The van der Waals surface area contributed by atoms with E-state index in [2.05, 4.69) is 13.8 Å². The van der Waals surface area contributed by atoms with Crippen LogP contribution in [0.1, 0.15) is 41.7 Å². The van der Waals surface area contributed by atoms with Gasteiger partial charge in [-0.3, -0.25) is 0 Å². The molecule has 2 aromatic rings. The fourth-order valence-electron chi connectivity index (χ4n) is 2.64. The zero-order valence-corrected chi connectivity index (χ0v) is 13.8. The number of hydrogen-bond acceptors (Lipinski definition) is 6. The summed E-state index contributed by atoms with van der Waals surface area (Å²) in [4.78, 5) is 17.9. The van der Waals surface area contributed by atoms with E-state index in [0.717, 1.165) is 27.9 Å². The molecule has 3 heterocycles. The van der Waals surface area contributed by atoms with Gasteiger partial charge in [0, 0.05) is 17.4 Å². The van der Waals surface area contributed by atoms with Crippen LogP contribution in [0.15, 0.2) is 6.07 Å². The maximum absolute atomic E-state index is 12.0. The van der Waals surface area contributed by atoms with Crippen molar-refractivity contribution in [3.05, 3.63) is 22.2 Å². The van der Waals surface area contributed by atoms with Gasteiger partial charge in [-0.05, 0) is 18.9 Å². The number of ether oxygens (including phenoxy) is 2. The van der Waals surface area contributed by atoms with E-state index in [1.165, 1.54) is 11.3 Å². The summed E-state index contributed by atoms with van der Waals surface area (Å²) in [7, 11) is 0. The number of fused-ring (bicyclic) bond motifs is 2. The van der Waals surface area contributed by atoms with E-state index in [1.54, 1.807) is 6.92 Å². The molecule has 1 aliphatic rings. The summed E-state index contributed by atoms with van der Waals surface area (Å²) in [5.74, 6) is 0.0754. The van der Waals surface area contributed by atoms with Crippen molar-refractivity contribution in [3.8, 4) is 0 Å². The van der Waals surface area contributed by atoms with E-state index in [1.807, 2.05) is 6.07 Å². The quantitative estimate of drug-likeness (QED) is 0.879. The Bertz CT molecular complexity index is 724. The van der Waals surface area contributed by atoms with Crippen LogP contribution in [0.5, 0.6) is 0 Å². The van der Waals surface area contributed by atoms with Crippen LogP contribution in [0, 0.1) is 5.92 Å². The molecule has 0 fully saturated rings. The number of nitrogens with zero attached hydrogens (tertiary/aromatic N) is 1. The van der Waals surface area contributed by atoms with Crippen LogP contribution in [-0.4, -0.2) is 23.7 Å². The molecule has 0 unspecified atom stereocenters. The Hall–Kier alpha value is -1.66. The van der Waals surface area contributed by atoms with Crippen molar-refractivity contribution in [1.29, 1.82) is 0 Å². The minimum Gasteiger partial charge on any atom is -0.462 e. The van der Waals surface area contributed by atoms with E-state index in [9.17, 15) is 4.79 Å². The molecule has 6 heteroatoms. The smallest absolute Gasteiger partial charge is 0.350 e. The first-order valence-electron chi connectivity index (χ1n) is 7.50. The molecule has 118 valence electrons. The zero-order valence-electron chi connectivity index (χ0n) is 13.0. The van der Waals surface area contributed by atoms with Crippen molar-refractivity contribution in [2.45, 2.75) is 39.9 Å². The van der Waals surface area contributed by atoms with Crippen LogP contribution >= 0.6 is 11.3 Å². The summed E-state index contributed by atoms with van der Waals surface area (Å²) in [5.41, 5.74) is 8.68. The van der Waals surface area contributed by atoms with Gasteiger partial charge in [0.2, 0.25) is 0 Å². The summed E-state index contributed by atoms with van der Waals surface area (Å²) >= 11 is 1.30. The molecular formula is C16H20N2O3S. The third kappa shape index (κ3) is 2.57. The Morgan fingerprint density at radius 2 is 2.36 bits per heavy atom. The van der Waals surface area contributed by atoms with Crippen LogP contribution in [0.2, 0.25) is 0 Å². The maximum Gasteiger partial charge on any atom is 0.350 e. The van der Waals surface area contributed by atoms with Crippen molar-refractivity contribution < 1.29 is 14.3 Å². The Labute approximate surface area is 133 Å². The second kappa shape index (κ2) is 5.85. The standard InChI is InChI=1S/C16H20N2O3S/c1-4-20-16(19)14-13(17)10-5-9-7-21-12(8(2)3)6-11(9)18-15(10)22-14/h5,8,12H,4,6-7,17H2,1-3H3/t12-/m0/s1. The Balaban J connectivity index is 2.02. The fourth-order valence-corrected chi connectivity index (χ4v) is 3.63. The van der Waals surface area contributed by atoms with Crippen LogP contribution < -0.4 is 5.73 Å². The van der Waals surface area contributed by atoms with Crippen LogP contribution in [0.4, 0.5) is 5.69 Å². The van der Waals surface area contributed by atoms with Gasteiger partial charge in [-0.1, -0.05) is 13.8 Å². The second-order valence-electron chi connectivity index (χ2n) is 5.81. The summed E-state index contributed by atoms with van der Waals surface area (Å²) in [5, 5.41) is 0.818. The molecule has 0 spiro atoms. The monoisotopic (exact) mass is 320 g/mol. The van der Waals surface area contributed by atoms with E-state index in [4.69, 9.17) is 20.2 Å². The zero-order chi connectivity index (χ0) is 15.9. The molecular weight excluding hydrogens is 300 g/mol. The number of pyridine rings is 1. The van der Waals surface area contributed by atoms with E-state index in [-0.39, 0.29) is 12.1 Å². The molecule has 0 bridgehead atoms. The number of rotatable bonds is 3. The van der Waals surface area contributed by atoms with Crippen molar-refractivity contribution in [2.75, 3.05) is 12.3 Å². The number of thiophene rings is 1. The number of hydrogen-bond donors (Lipinski definition) is 1. The van der Waals surface area contributed by atoms with Gasteiger partial charge in [0.15, 0.2) is 0 Å². The van der Waals surface area contributed by atoms with Crippen LogP contribution in [0.3, 0.4) is 0 Å². The first-order chi connectivity index (χ1) is 10.5. The van der Waals surface area contributed by atoms with E-state index < -0.39 is 0 Å². The lowest BCUT2D eigenvalue weighted by Crippen LogP contribution is -2.27. The maximum atomic E-state index is 12.0. The van der Waals surface area contributed by atoms with Gasteiger partial charge in [-0.15, -0.1) is 11.3 Å². The van der Waals surface area contributed by atoms with Gasteiger partial charge in [-0.25, -0.2) is 9.78 Å². The molecule has 0 aliphatic carbocycles. The molecule has 2 aromatic heterocycles. The highest BCUT2D eigenvalue weighted by molar-refractivity contribution is 7.21. The average Bonchev–Trinajstić information content (AvgIpc) is 2.81. The van der Waals surface area contributed by atoms with Gasteiger partial charge < -0.3 is 15.2 Å². The summed E-state index contributed by atoms with van der Waals surface area (Å²) in [6, 6.07) is 2.00. The highest BCUT2D eigenvalue weighted by Crippen LogP contribution is 2.36. The fraction of sp³-hybridized carbons (Fsp3) is 0.500. The Morgan fingerprint density at radius 3 is 3.05 bits per heavy atom. The average molecular weight is 320 g/mol. The largest absolute Gasteiger partial charge is 0.462 e. The third-order valence-corrected chi connectivity index (χ3v) is 5.04. The third-order valence-electron chi connectivity index (χ3n) is 3.94. The van der Waals surface area contributed by atoms with Gasteiger partial charge in [0.1, 0.15) is 9.71 Å². The van der Waals surface area contributed by atoms with E-state index in [0.29, 0.717) is 29.7 Å². The molecule has 0 radical (unpaired) electrons. The van der Waals surface area contributed by atoms with Gasteiger partial charge in [-0.2, -0.15) is 0 Å². The van der Waals surface area contributed by atoms with Gasteiger partial charge >= 0.3 is 5.97 Å². The normalized spacial score (nSPS) is 17.7. The minimum absolute atomic E-state index is 0.194. The lowest BCUT2D eigenvalue weighted by atomic mass is 9.96. The highest BCUT2D eigenvalue weighted by Gasteiger charge is 2.25. The number of aromatic nitrogens is 1. The number of carbonyl (C=O) groups is 1. The van der Waals surface area contributed by atoms with E-state index >= 15 is 0 Å². The molecule has 5 nitrogen and oxygen atoms in total. The Morgan fingerprint density at radius 1 is 1.59 bits per heavy atom. The molecule has 1 atom stereocenters. The molecule has 0 amide bonds. The molecule has 1 aliphatic heterocycles. The predicted octanol–water partition coefficient (Wildman–Crippen LogP) is 3.15. The Kier molecular flexibility index (Phi) is 4.06. The summed E-state index contributed by atoms with van der Waals surface area (Å²) in [6.07, 6.45) is 0.995. The van der Waals surface area contributed by atoms with Crippen molar-refractivity contribution in [2.24, 2.45) is 5.92 Å². The number of anilines is 1. The number of nitrogens with two attached hydrogens (primary N) is 1. The summed E-state index contributed by atoms with van der Waals surface area (Å²) < 4.78 is 10.9. The molecule has 3 rings (SSSR count). The van der Waals surface area contributed by atoms with Gasteiger partial charge in [0.05, 0.1) is 30.7 Å². The highest BCUT2D eigenvalue weighted by atomic mass is 32.1. The number of carbonyl (C=O) groups excluding carboxylic acids is 1. The second-order valence-corrected chi connectivity index (χ2v) is 6.81. The van der Waals surface area contributed by atoms with Crippen molar-refractivity contribution in [3.63, 3.8) is 0 Å². The van der Waals surface area contributed by atoms with Crippen LogP contribution in [0.25, 0.3) is 10.2 Å². The molecule has 22 heavy (non-hydrogen) atoms. The topological polar surface area (TPSA) is 74.4 Å². The number of esters is 1. The molecule has 0 aromatic carbocycles. The molecule has 0 saturated carbocycles. The lowest BCUT2D eigenvalue weighted by molar-refractivity contribution is -0.00135. The minimum atomic E-state index is -0.378. The summed E-state index contributed by atoms with van der Waals surface area (Å²) in [6.45, 7) is 6.96. The molecule has 0 saturated heterocycles. The van der Waals surface area contributed by atoms with Crippen molar-refractivity contribution in [1.82, 2.24) is 4.98 Å². The predicted molar refractivity (Wildman–Crippen MR) is 87.1 cm³/mol. The SMILES string of the molecule is CCOC(=O)c1sc2nc3c(cc2c1N)CO[C@H](C(C)C)C3. The molecule has 2 N–H and O–H groups in total. The van der Waals surface area contributed by atoms with Crippen molar-refractivity contribution >= 4 is 33.2 Å². The van der Waals surface area contributed by atoms with Gasteiger partial charge in [0.25, 0.3) is 0 Å². The van der Waals surface area contributed by atoms with Crippen LogP contribution in [-0.2, 0) is 22.5 Å².